The van der Waals surface area contributed by atoms with Gasteiger partial charge in [0, 0.05) is 48.6 Å². The lowest BCUT2D eigenvalue weighted by atomic mass is 10.0. The molecule has 0 aliphatic carbocycles. The molecule has 7 rings (SSSR count). The number of oxazole rings is 1. The Hall–Kier alpha value is -4.38. The molecule has 4 aromatic carbocycles. The maximum absolute atomic E-state index is 6.37. The molecule has 0 radical (unpaired) electrons. The topological polar surface area (TPSA) is 26.5 Å². The van der Waals surface area contributed by atoms with Crippen molar-refractivity contribution in [2.45, 2.75) is 32.4 Å². The van der Waals surface area contributed by atoms with Crippen LogP contribution in [0.2, 0.25) is 0 Å². The normalized spacial score (nSPS) is 21.6. The van der Waals surface area contributed by atoms with Crippen LogP contribution in [0, 0.1) is 0 Å². The maximum atomic E-state index is 6.37. The van der Waals surface area contributed by atoms with E-state index >= 15 is 0 Å². The molecule has 0 N–H and O–H groups in total. The van der Waals surface area contributed by atoms with Gasteiger partial charge < -0.3 is 14.2 Å². The van der Waals surface area contributed by atoms with Crippen molar-refractivity contribution in [2.75, 3.05) is 25.0 Å². The number of aryl methyl sites for hydroxylation is 1. The van der Waals surface area contributed by atoms with Crippen molar-refractivity contribution in [1.29, 1.82) is 0 Å². The van der Waals surface area contributed by atoms with Crippen molar-refractivity contribution < 1.29 is 13.6 Å². The van der Waals surface area contributed by atoms with Crippen LogP contribution in [0.1, 0.15) is 25.3 Å². The molecule has 0 saturated carbocycles. The van der Waals surface area contributed by atoms with E-state index < -0.39 is 0 Å². The minimum absolute atomic E-state index is 0.389. The molecule has 0 spiro atoms. The number of piperazine rings is 1. The fourth-order valence-electron chi connectivity index (χ4n) is 6.43. The average molecular weight is 529 g/mol. The van der Waals surface area contributed by atoms with Gasteiger partial charge in [0.1, 0.15) is 7.05 Å². The molecule has 1 saturated heterocycles. The van der Waals surface area contributed by atoms with E-state index in [1.165, 1.54) is 33.1 Å². The number of rotatable bonds is 3. The Morgan fingerprint density at radius 2 is 1.62 bits per heavy atom. The number of fused-ring (bicyclic) bond motifs is 6. The highest BCUT2D eigenvalue weighted by molar-refractivity contribution is 6.01. The third-order valence-corrected chi connectivity index (χ3v) is 8.87. The number of hydrogen-bond donors (Lipinski definition) is 0. The first-order valence-electron chi connectivity index (χ1n) is 14.3. The minimum atomic E-state index is 0.389. The zero-order valence-electron chi connectivity index (χ0n) is 23.7. The molecule has 40 heavy (non-hydrogen) atoms. The molecule has 2 aliphatic rings. The summed E-state index contributed by atoms with van der Waals surface area (Å²) in [6, 6.07) is 26.7. The van der Waals surface area contributed by atoms with E-state index in [2.05, 4.69) is 144 Å². The van der Waals surface area contributed by atoms with Crippen molar-refractivity contribution in [3.05, 3.63) is 102 Å². The highest BCUT2D eigenvalue weighted by atomic mass is 16.4. The first kappa shape index (κ1) is 24.6. The van der Waals surface area contributed by atoms with Crippen LogP contribution >= 0.6 is 0 Å². The summed E-state index contributed by atoms with van der Waals surface area (Å²) in [6.45, 7) is 6.56. The second kappa shape index (κ2) is 9.67. The van der Waals surface area contributed by atoms with Gasteiger partial charge in [-0.25, -0.2) is 4.58 Å². The van der Waals surface area contributed by atoms with Gasteiger partial charge in [-0.3, -0.25) is 0 Å². The van der Waals surface area contributed by atoms with Gasteiger partial charge in [0.2, 0.25) is 5.58 Å². The molecule has 2 atom stereocenters. The van der Waals surface area contributed by atoms with Crippen LogP contribution in [0.15, 0.2) is 95.2 Å². The van der Waals surface area contributed by atoms with Gasteiger partial charge in [-0.1, -0.05) is 54.6 Å². The largest absolute Gasteiger partial charge is 0.397 e. The summed E-state index contributed by atoms with van der Waals surface area (Å²) < 4.78 is 11.0. The van der Waals surface area contributed by atoms with Gasteiger partial charge in [-0.2, -0.15) is 4.57 Å². The Balaban J connectivity index is 1.09. The lowest BCUT2D eigenvalue weighted by molar-refractivity contribution is -0.652. The van der Waals surface area contributed by atoms with E-state index in [1.807, 2.05) is 0 Å². The molecular weight excluding hydrogens is 492 g/mol. The average Bonchev–Trinajstić information content (AvgIpc) is 3.48. The van der Waals surface area contributed by atoms with Gasteiger partial charge >= 0.3 is 5.89 Å². The molecular formula is C35H36N4O+2. The smallest absolute Gasteiger partial charge is 0.375 e. The summed E-state index contributed by atoms with van der Waals surface area (Å²) in [4.78, 5) is 4.79. The third kappa shape index (κ3) is 4.08. The Kier molecular flexibility index (Phi) is 5.96. The zero-order valence-corrected chi connectivity index (χ0v) is 23.7. The molecule has 0 bridgehead atoms. The number of allylic oxidation sites excluding steroid dienone is 2. The summed E-state index contributed by atoms with van der Waals surface area (Å²) in [5, 5.41) is 5.03. The molecule has 0 amide bonds. The predicted molar refractivity (Wildman–Crippen MR) is 165 cm³/mol. The maximum Gasteiger partial charge on any atom is 0.375 e. The predicted octanol–water partition coefficient (Wildman–Crippen LogP) is 6.29. The summed E-state index contributed by atoms with van der Waals surface area (Å²) in [7, 11) is 4.27. The standard InChI is InChI=1S/C35H36N4O/c1-24-23-39(20-18-34-37(4)33-16-14-27-10-6-8-12-30(27)35(33)40-34)25(2)22-38(24)19-17-28-21-31-29-11-7-5-9-26(29)13-15-32(31)36(28)3/h5-20,24-25H,21-23H2,1-4H3/q+2. The minimum Gasteiger partial charge on any atom is -0.397 e. The molecule has 5 aromatic rings. The van der Waals surface area contributed by atoms with E-state index in [1.54, 1.807) is 0 Å². The fraction of sp³-hybridized carbons (Fsp3) is 0.257. The molecule has 5 heteroatoms. The number of hydrogen-bond acceptors (Lipinski definition) is 3. The highest BCUT2D eigenvalue weighted by Crippen LogP contribution is 2.38. The van der Waals surface area contributed by atoms with Gasteiger partial charge in [-0.05, 0) is 47.7 Å². The van der Waals surface area contributed by atoms with Crippen LogP contribution < -0.4 is 9.47 Å². The quantitative estimate of drug-likeness (QED) is 0.258. The van der Waals surface area contributed by atoms with E-state index in [0.717, 1.165) is 41.9 Å². The third-order valence-electron chi connectivity index (χ3n) is 8.87. The van der Waals surface area contributed by atoms with Gasteiger partial charge in [0.05, 0.1) is 18.7 Å². The zero-order chi connectivity index (χ0) is 27.4. The molecule has 2 unspecified atom stereocenters. The molecule has 200 valence electrons. The first-order valence-corrected chi connectivity index (χ1v) is 14.3. The summed E-state index contributed by atoms with van der Waals surface area (Å²) in [5.41, 5.74) is 6.16. The Morgan fingerprint density at radius 1 is 0.900 bits per heavy atom. The van der Waals surface area contributed by atoms with Crippen LogP contribution in [-0.4, -0.2) is 47.9 Å². The van der Waals surface area contributed by atoms with Crippen LogP contribution in [0.5, 0.6) is 0 Å². The van der Waals surface area contributed by atoms with Crippen molar-refractivity contribution >= 4 is 50.6 Å². The Morgan fingerprint density at radius 3 is 2.45 bits per heavy atom. The van der Waals surface area contributed by atoms with Crippen LogP contribution in [-0.2, 0) is 13.5 Å². The number of nitrogens with zero attached hydrogens (tertiary/aromatic N) is 4. The molecule has 1 fully saturated rings. The van der Waals surface area contributed by atoms with Crippen molar-refractivity contribution in [2.24, 2.45) is 7.05 Å². The molecule has 3 heterocycles. The molecule has 5 nitrogen and oxygen atoms in total. The van der Waals surface area contributed by atoms with Crippen LogP contribution in [0.3, 0.4) is 0 Å². The van der Waals surface area contributed by atoms with E-state index in [4.69, 9.17) is 4.42 Å². The van der Waals surface area contributed by atoms with Gasteiger partial charge in [-0.15, -0.1) is 0 Å². The Bertz CT molecular complexity index is 1860. The lowest BCUT2D eigenvalue weighted by Gasteiger charge is -2.33. The van der Waals surface area contributed by atoms with E-state index in [0.29, 0.717) is 12.1 Å². The van der Waals surface area contributed by atoms with Crippen LogP contribution in [0.4, 0.5) is 5.69 Å². The second-order valence-corrected chi connectivity index (χ2v) is 11.4. The van der Waals surface area contributed by atoms with Crippen LogP contribution in [0.25, 0.3) is 38.7 Å². The summed E-state index contributed by atoms with van der Waals surface area (Å²) in [6.07, 6.45) is 9.94. The first-order chi connectivity index (χ1) is 19.5. The number of likely N-dealkylation sites (N-methyl/N-ethyl adjacent to an activating group) is 1. The summed E-state index contributed by atoms with van der Waals surface area (Å²) >= 11 is 0. The fourth-order valence-corrected chi connectivity index (χ4v) is 6.43. The van der Waals surface area contributed by atoms with Gasteiger partial charge in [0.25, 0.3) is 5.52 Å². The van der Waals surface area contributed by atoms with Crippen molar-refractivity contribution in [3.8, 4) is 0 Å². The van der Waals surface area contributed by atoms with Crippen molar-refractivity contribution in [3.63, 3.8) is 0 Å². The van der Waals surface area contributed by atoms with Crippen molar-refractivity contribution in [1.82, 2.24) is 4.90 Å². The summed E-state index contributed by atoms with van der Waals surface area (Å²) in [5.74, 6) is 0.862. The highest BCUT2D eigenvalue weighted by Gasteiger charge is 2.31. The lowest BCUT2D eigenvalue weighted by Crippen LogP contribution is -2.50. The SMILES string of the molecule is CC1C[N+](=CC=C2Cc3c(ccc4ccccc34)N2C)C(C)CN1C=Cc1oc2c3ccccc3ccc2[n+]1C. The molecule has 1 aromatic heterocycles. The van der Waals surface area contributed by atoms with E-state index in [-0.39, 0.29) is 0 Å². The Labute approximate surface area is 235 Å². The number of benzene rings is 4. The van der Waals surface area contributed by atoms with Gasteiger partial charge in [0.15, 0.2) is 18.8 Å². The monoisotopic (exact) mass is 528 g/mol. The molecule has 2 aliphatic heterocycles. The number of anilines is 1. The number of aromatic nitrogens is 1. The second-order valence-electron chi connectivity index (χ2n) is 11.4. The van der Waals surface area contributed by atoms with E-state index in [9.17, 15) is 0 Å².